The highest BCUT2D eigenvalue weighted by atomic mass is 31.2. The fourth-order valence-corrected chi connectivity index (χ4v) is 11.7. The number of rotatable bonds is 72. The molecule has 0 aromatic carbocycles. The second-order valence-electron chi connectivity index (χ2n) is 25.4. The Kier molecular flexibility index (Phi) is 70.2. The van der Waals surface area contributed by atoms with Gasteiger partial charge in [0.05, 0.1) is 26.4 Å². The van der Waals surface area contributed by atoms with Crippen LogP contribution in [0.1, 0.15) is 303 Å². The fourth-order valence-electron chi connectivity index (χ4n) is 10.1. The molecule has 99 heavy (non-hydrogen) atoms. The van der Waals surface area contributed by atoms with Crippen LogP contribution in [0.4, 0.5) is 0 Å². The van der Waals surface area contributed by atoms with E-state index in [1.165, 1.54) is 116 Å². The van der Waals surface area contributed by atoms with E-state index in [0.717, 1.165) is 128 Å². The van der Waals surface area contributed by atoms with E-state index in [-0.39, 0.29) is 19.3 Å². The van der Waals surface area contributed by atoms with Gasteiger partial charge in [0, 0.05) is 19.3 Å². The summed E-state index contributed by atoms with van der Waals surface area (Å²) in [5.41, 5.74) is 0. The largest absolute Gasteiger partial charge is 0.472 e. The van der Waals surface area contributed by atoms with E-state index in [2.05, 4.69) is 154 Å². The van der Waals surface area contributed by atoms with Crippen LogP contribution in [0, 0.1) is 0 Å². The molecule has 5 atom stereocenters. The average Bonchev–Trinajstić information content (AvgIpc) is 1.22. The molecule has 16 nitrogen and oxygen atoms in total. The smallest absolute Gasteiger partial charge is 0.463 e. The van der Waals surface area contributed by atoms with Crippen molar-refractivity contribution in [2.45, 2.75) is 322 Å². The van der Waals surface area contributed by atoms with Gasteiger partial charge in [0.15, 0.2) is 6.10 Å². The number of aliphatic hydroxyl groups is 2. The predicted molar refractivity (Wildman–Crippen MR) is 408 cm³/mol. The molecule has 4 N–H and O–H groups in total. The number of phosphoric ester groups is 2. The highest BCUT2D eigenvalue weighted by Gasteiger charge is 2.29. The van der Waals surface area contributed by atoms with Gasteiger partial charge >= 0.3 is 33.6 Å². The maximum absolute atomic E-state index is 12.9. The Labute approximate surface area is 601 Å². The molecular formula is C81H138O16P2. The van der Waals surface area contributed by atoms with Gasteiger partial charge in [-0.2, -0.15) is 0 Å². The van der Waals surface area contributed by atoms with Gasteiger partial charge in [-0.25, -0.2) is 9.13 Å². The molecule has 0 aromatic rings. The van der Waals surface area contributed by atoms with Gasteiger partial charge in [-0.1, -0.05) is 302 Å². The lowest BCUT2D eigenvalue weighted by atomic mass is 10.0. The third kappa shape index (κ3) is 74.7. The van der Waals surface area contributed by atoms with Crippen LogP contribution in [0.25, 0.3) is 0 Å². The summed E-state index contributed by atoms with van der Waals surface area (Å²) in [7, 11) is -9.79. The topological polar surface area (TPSA) is 231 Å². The van der Waals surface area contributed by atoms with Crippen molar-refractivity contribution >= 4 is 33.6 Å². The number of phosphoric acid groups is 2. The Hall–Kier alpha value is -4.31. The Bertz CT molecular complexity index is 2330. The van der Waals surface area contributed by atoms with Crippen LogP contribution < -0.4 is 0 Å². The molecule has 0 saturated carbocycles. The molecule has 0 spiro atoms. The standard InChI is InChI=1S/C81H138O16P2/c1-4-7-10-13-16-19-22-24-26-28-30-32-33-34-35-36-37-38-39-40-41-43-45-46-48-50-53-55-58-61-64-67-79(84)91-70-76(82)71-93-98(87,88)94-72-77(83)73-95-99(89,90)96-75-78(97-81(86)69-66-63-60-57-52-21-18-15-12-9-6-3)74-92-80(85)68-65-62-59-56-54-51-49-47-44-42-31-29-27-25-23-20-17-14-11-8-5-2/h7-8,10-11,16-17,19-20,24-27,30-32,34-35,42,47,49,54,56,76-78,82-83H,4-6,9,12-15,18,21-23,28-29,33,36-41,43-46,48,50-53,55,57-75H2,1-3H3,(H,87,88)(H,89,90)/b10-7-,11-8-,19-16-,20-17-,26-24-,27-25-,32-30-,35-34-,42-31-,49-47-,56-54-. The van der Waals surface area contributed by atoms with E-state index in [1.54, 1.807) is 0 Å². The first-order valence-electron chi connectivity index (χ1n) is 38.5. The van der Waals surface area contributed by atoms with Crippen molar-refractivity contribution < 1.29 is 75.8 Å². The number of hydrogen-bond donors (Lipinski definition) is 4. The molecule has 0 aliphatic carbocycles. The number of carbonyl (C=O) groups is 3. The average molecular weight is 1430 g/mol. The molecule has 0 rings (SSSR count). The quantitative estimate of drug-likeness (QED) is 0.0146. The first kappa shape index (κ1) is 94.7. The summed E-state index contributed by atoms with van der Waals surface area (Å²) in [4.78, 5) is 58.5. The number of ether oxygens (including phenoxy) is 3. The monoisotopic (exact) mass is 1430 g/mol. The Morgan fingerprint density at radius 2 is 0.535 bits per heavy atom. The number of carbonyl (C=O) groups excluding carboxylic acids is 3. The minimum Gasteiger partial charge on any atom is -0.463 e. The van der Waals surface area contributed by atoms with Crippen LogP contribution in [0.3, 0.4) is 0 Å². The molecule has 0 bridgehead atoms. The van der Waals surface area contributed by atoms with Crippen LogP contribution in [-0.2, 0) is 55.8 Å². The minimum absolute atomic E-state index is 0.0947. The third-order valence-electron chi connectivity index (χ3n) is 15.9. The maximum Gasteiger partial charge on any atom is 0.472 e. The van der Waals surface area contributed by atoms with Gasteiger partial charge in [-0.15, -0.1) is 0 Å². The molecule has 568 valence electrons. The van der Waals surface area contributed by atoms with Crippen molar-refractivity contribution in [3.63, 3.8) is 0 Å². The van der Waals surface area contributed by atoms with Crippen molar-refractivity contribution in [2.24, 2.45) is 0 Å². The highest BCUT2D eigenvalue weighted by Crippen LogP contribution is 2.45. The molecular weight excluding hydrogens is 1290 g/mol. The van der Waals surface area contributed by atoms with E-state index in [9.17, 15) is 43.5 Å². The Morgan fingerprint density at radius 1 is 0.293 bits per heavy atom. The molecule has 0 aliphatic heterocycles. The lowest BCUT2D eigenvalue weighted by Crippen LogP contribution is -2.30. The van der Waals surface area contributed by atoms with Crippen molar-refractivity contribution in [3.05, 3.63) is 134 Å². The van der Waals surface area contributed by atoms with Gasteiger partial charge in [0.2, 0.25) is 0 Å². The molecule has 0 amide bonds. The van der Waals surface area contributed by atoms with Crippen LogP contribution in [0.15, 0.2) is 134 Å². The molecule has 0 fully saturated rings. The molecule has 5 unspecified atom stereocenters. The minimum atomic E-state index is -4.93. The zero-order valence-electron chi connectivity index (χ0n) is 61.9. The summed E-state index contributed by atoms with van der Waals surface area (Å²) in [6.07, 6.45) is 88.1. The van der Waals surface area contributed by atoms with Crippen LogP contribution in [0.2, 0.25) is 0 Å². The SMILES string of the molecule is CC/C=C\C/C=C\C/C=C\C/C=C\C/C=C\C/C=C\CCCCC(=O)OCC(COP(=O)(O)OCC(O)COP(=O)(O)OCC(O)COC(=O)CCCCCCCCCCCCCCCCC/C=C\C/C=C\C/C=C\C/C=C\C/C=C\CC)OC(=O)CCCCCCCCCCCCC. The summed E-state index contributed by atoms with van der Waals surface area (Å²) >= 11 is 0. The summed E-state index contributed by atoms with van der Waals surface area (Å²) in [5.74, 6) is -1.62. The summed E-state index contributed by atoms with van der Waals surface area (Å²) in [6, 6.07) is 0. The van der Waals surface area contributed by atoms with Gasteiger partial charge in [0.25, 0.3) is 0 Å². The van der Waals surface area contributed by atoms with E-state index in [4.69, 9.17) is 32.3 Å². The van der Waals surface area contributed by atoms with Crippen molar-refractivity contribution in [1.82, 2.24) is 0 Å². The van der Waals surface area contributed by atoms with E-state index >= 15 is 0 Å². The Morgan fingerprint density at radius 3 is 0.869 bits per heavy atom. The van der Waals surface area contributed by atoms with Crippen molar-refractivity contribution in [2.75, 3.05) is 39.6 Å². The molecule has 18 heteroatoms. The molecule has 0 saturated heterocycles. The van der Waals surface area contributed by atoms with E-state index < -0.39 is 91.5 Å². The van der Waals surface area contributed by atoms with E-state index in [1.807, 2.05) is 0 Å². The summed E-state index contributed by atoms with van der Waals surface area (Å²) in [6.45, 7) is 2.39. The zero-order valence-corrected chi connectivity index (χ0v) is 63.7. The Balaban J connectivity index is 4.44. The first-order chi connectivity index (χ1) is 48.2. The van der Waals surface area contributed by atoms with E-state index in [0.29, 0.717) is 19.3 Å². The first-order valence-corrected chi connectivity index (χ1v) is 41.5. The lowest BCUT2D eigenvalue weighted by Gasteiger charge is -2.21. The number of unbranched alkanes of at least 4 members (excludes halogenated alkanes) is 27. The normalized spacial score (nSPS) is 14.8. The van der Waals surface area contributed by atoms with Gasteiger partial charge in [-0.05, 0) is 116 Å². The second kappa shape index (κ2) is 73.4. The third-order valence-corrected chi connectivity index (χ3v) is 17.8. The fraction of sp³-hybridized carbons (Fsp3) is 0.691. The lowest BCUT2D eigenvalue weighted by molar-refractivity contribution is -0.161. The number of aliphatic hydroxyl groups excluding tert-OH is 2. The molecule has 0 heterocycles. The highest BCUT2D eigenvalue weighted by molar-refractivity contribution is 7.47. The molecule has 0 aliphatic rings. The van der Waals surface area contributed by atoms with Gasteiger partial charge < -0.3 is 34.2 Å². The van der Waals surface area contributed by atoms with Crippen LogP contribution in [-0.4, -0.2) is 95.9 Å². The van der Waals surface area contributed by atoms with Crippen molar-refractivity contribution in [1.29, 1.82) is 0 Å². The molecule has 0 aromatic heterocycles. The van der Waals surface area contributed by atoms with Crippen molar-refractivity contribution in [3.8, 4) is 0 Å². The number of hydrogen-bond acceptors (Lipinski definition) is 14. The molecule has 0 radical (unpaired) electrons. The predicted octanol–water partition coefficient (Wildman–Crippen LogP) is 22.3. The number of allylic oxidation sites excluding steroid dienone is 22. The van der Waals surface area contributed by atoms with Gasteiger partial charge in [0.1, 0.15) is 25.4 Å². The van der Waals surface area contributed by atoms with Crippen LogP contribution >= 0.6 is 15.6 Å². The summed E-state index contributed by atoms with van der Waals surface area (Å²) < 4.78 is 61.0. The maximum atomic E-state index is 12.9. The zero-order chi connectivity index (χ0) is 72.3. The summed E-state index contributed by atoms with van der Waals surface area (Å²) in [5, 5.41) is 20.6. The van der Waals surface area contributed by atoms with Gasteiger partial charge in [-0.3, -0.25) is 32.5 Å². The number of esters is 3. The second-order valence-corrected chi connectivity index (χ2v) is 28.3. The van der Waals surface area contributed by atoms with Crippen LogP contribution in [0.5, 0.6) is 0 Å².